The molecule has 194 valence electrons. The Morgan fingerprint density at radius 1 is 0.974 bits per heavy atom. The van der Waals surface area contributed by atoms with E-state index in [1.54, 1.807) is 7.11 Å². The van der Waals surface area contributed by atoms with Gasteiger partial charge in [-0.15, -0.1) is 10.2 Å². The summed E-state index contributed by atoms with van der Waals surface area (Å²) in [6, 6.07) is 26.7. The number of H-pyrrole nitrogens is 1. The minimum absolute atomic E-state index is 0.193. The molecule has 5 rings (SSSR count). The smallest absolute Gasteiger partial charge is 0.156 e. The van der Waals surface area contributed by atoms with Gasteiger partial charge >= 0.3 is 0 Å². The van der Waals surface area contributed by atoms with E-state index in [9.17, 15) is 0 Å². The third-order valence-electron chi connectivity index (χ3n) is 6.77. The zero-order chi connectivity index (χ0) is 26.3. The molecular formula is C30H32N6OS. The average Bonchev–Trinajstić information content (AvgIpc) is 3.56. The molecule has 0 saturated heterocycles. The Labute approximate surface area is 228 Å². The van der Waals surface area contributed by atoms with E-state index in [1.165, 1.54) is 16.5 Å². The summed E-state index contributed by atoms with van der Waals surface area (Å²) in [5, 5.41) is 14.0. The van der Waals surface area contributed by atoms with Crippen LogP contribution in [0.4, 0.5) is 0 Å². The Morgan fingerprint density at radius 3 is 2.50 bits per heavy atom. The summed E-state index contributed by atoms with van der Waals surface area (Å²) in [5.41, 5.74) is 10.6. The van der Waals surface area contributed by atoms with E-state index in [1.807, 2.05) is 24.3 Å². The van der Waals surface area contributed by atoms with Gasteiger partial charge in [-0.05, 0) is 41.3 Å². The van der Waals surface area contributed by atoms with Crippen LogP contribution < -0.4 is 15.8 Å². The largest absolute Gasteiger partial charge is 0.497 e. The molecule has 0 amide bonds. The lowest BCUT2D eigenvalue weighted by Crippen LogP contribution is -2.35. The third kappa shape index (κ3) is 5.93. The number of aromatic nitrogens is 4. The first-order valence-corrected chi connectivity index (χ1v) is 13.2. The van der Waals surface area contributed by atoms with Crippen LogP contribution in [0, 0.1) is 0 Å². The minimum atomic E-state index is -0.193. The average molecular weight is 525 g/mol. The van der Waals surface area contributed by atoms with Crippen molar-refractivity contribution < 1.29 is 4.74 Å². The van der Waals surface area contributed by atoms with Crippen molar-refractivity contribution in [1.82, 2.24) is 25.1 Å². The van der Waals surface area contributed by atoms with Gasteiger partial charge in [0.05, 0.1) is 24.7 Å². The van der Waals surface area contributed by atoms with E-state index >= 15 is 0 Å². The zero-order valence-electron chi connectivity index (χ0n) is 21.4. The summed E-state index contributed by atoms with van der Waals surface area (Å²) in [6.45, 7) is 0.908. The molecule has 0 aliphatic rings. The van der Waals surface area contributed by atoms with Gasteiger partial charge in [-0.3, -0.25) is 0 Å². The van der Waals surface area contributed by atoms with Crippen molar-refractivity contribution in [3.63, 3.8) is 0 Å². The molecule has 0 aliphatic carbocycles. The summed E-state index contributed by atoms with van der Waals surface area (Å²) in [7, 11) is 1.68. The van der Waals surface area contributed by atoms with Crippen LogP contribution in [0.5, 0.6) is 5.75 Å². The van der Waals surface area contributed by atoms with Crippen LogP contribution in [0.25, 0.3) is 10.9 Å². The number of ether oxygens (including phenoxy) is 1. The molecule has 0 radical (unpaired) electrons. The fourth-order valence-corrected chi connectivity index (χ4v) is 4.90. The lowest BCUT2D eigenvalue weighted by molar-refractivity contribution is 0.414. The SMILES string of the molecule is COc1ccc(Cn2c(CCc3ccccc3)nnc2[C@@H](Cc2c[nH]c3ccccc23)NC(=S)CN)cc1. The number of aromatic amines is 1. The molecule has 5 aromatic rings. The van der Waals surface area contributed by atoms with Gasteiger partial charge in [0.1, 0.15) is 11.6 Å². The van der Waals surface area contributed by atoms with Gasteiger partial charge in [0.25, 0.3) is 0 Å². The lowest BCUT2D eigenvalue weighted by Gasteiger charge is -2.21. The van der Waals surface area contributed by atoms with E-state index in [0.29, 0.717) is 18.0 Å². The maximum atomic E-state index is 5.90. The highest BCUT2D eigenvalue weighted by molar-refractivity contribution is 7.80. The molecule has 0 aliphatic heterocycles. The van der Waals surface area contributed by atoms with Gasteiger partial charge in [0.15, 0.2) is 5.82 Å². The summed E-state index contributed by atoms with van der Waals surface area (Å²) < 4.78 is 7.58. The third-order valence-corrected chi connectivity index (χ3v) is 7.05. The number of rotatable bonds is 11. The molecule has 0 unspecified atom stereocenters. The van der Waals surface area contributed by atoms with Crippen molar-refractivity contribution in [3.8, 4) is 5.75 Å². The van der Waals surface area contributed by atoms with E-state index in [-0.39, 0.29) is 12.6 Å². The number of hydrogen-bond donors (Lipinski definition) is 3. The molecule has 0 bridgehead atoms. The number of thiocarbonyl (C=S) groups is 1. The Kier molecular flexibility index (Phi) is 8.11. The van der Waals surface area contributed by atoms with Gasteiger partial charge in [-0.25, -0.2) is 0 Å². The molecule has 2 heterocycles. The second kappa shape index (κ2) is 12.0. The second-order valence-corrected chi connectivity index (χ2v) is 9.77. The predicted molar refractivity (Wildman–Crippen MR) is 155 cm³/mol. The summed E-state index contributed by atoms with van der Waals surface area (Å²) in [6.07, 6.45) is 4.40. The highest BCUT2D eigenvalue weighted by Crippen LogP contribution is 2.26. The standard InChI is InChI=1S/C30H32N6OS/c1-37-24-14-11-22(12-15-24)20-36-28(16-13-21-7-3-2-4-8-21)34-35-30(36)27(33-29(38)18-31)17-23-19-32-26-10-6-5-9-25(23)26/h2-12,14-15,19,27,32H,13,16-18,20,31H2,1H3,(H,33,38)/t27-/m1/s1. The van der Waals surface area contributed by atoms with E-state index in [4.69, 9.17) is 27.8 Å². The molecular weight excluding hydrogens is 492 g/mol. The van der Waals surface area contributed by atoms with Gasteiger partial charge < -0.3 is 25.3 Å². The topological polar surface area (TPSA) is 93.8 Å². The summed E-state index contributed by atoms with van der Waals surface area (Å²) >= 11 is 5.53. The molecule has 0 spiro atoms. The number of benzene rings is 3. The Hall–Kier alpha value is -4.01. The number of nitrogens with two attached hydrogens (primary N) is 1. The van der Waals surface area contributed by atoms with Gasteiger partial charge in [-0.1, -0.05) is 72.9 Å². The molecule has 3 aromatic carbocycles. The number of para-hydroxylation sites is 1. The maximum absolute atomic E-state index is 5.90. The number of fused-ring (bicyclic) bond motifs is 1. The molecule has 4 N–H and O–H groups in total. The predicted octanol–water partition coefficient (Wildman–Crippen LogP) is 4.76. The Morgan fingerprint density at radius 2 is 1.74 bits per heavy atom. The minimum Gasteiger partial charge on any atom is -0.497 e. The van der Waals surface area contributed by atoms with E-state index in [0.717, 1.165) is 41.3 Å². The van der Waals surface area contributed by atoms with Crippen LogP contribution >= 0.6 is 12.2 Å². The van der Waals surface area contributed by atoms with Gasteiger partial charge in [0.2, 0.25) is 0 Å². The first-order valence-electron chi connectivity index (χ1n) is 12.8. The van der Waals surface area contributed by atoms with Crippen LogP contribution in [-0.4, -0.2) is 38.4 Å². The van der Waals surface area contributed by atoms with Crippen LogP contribution in [0.2, 0.25) is 0 Å². The first-order chi connectivity index (χ1) is 18.6. The highest BCUT2D eigenvalue weighted by atomic mass is 32.1. The van der Waals surface area contributed by atoms with Crippen molar-refractivity contribution >= 4 is 28.1 Å². The number of nitrogens with zero attached hydrogens (tertiary/aromatic N) is 3. The summed E-state index contributed by atoms with van der Waals surface area (Å²) in [5.74, 6) is 2.60. The van der Waals surface area contributed by atoms with Crippen LogP contribution in [0.3, 0.4) is 0 Å². The summed E-state index contributed by atoms with van der Waals surface area (Å²) in [4.78, 5) is 3.98. The fourth-order valence-electron chi connectivity index (χ4n) is 4.76. The molecule has 0 saturated carbocycles. The fraction of sp³-hybridized carbons (Fsp3) is 0.233. The van der Waals surface area contributed by atoms with E-state index in [2.05, 4.69) is 80.8 Å². The lowest BCUT2D eigenvalue weighted by atomic mass is 10.0. The van der Waals surface area contributed by atoms with Crippen molar-refractivity contribution in [2.24, 2.45) is 5.73 Å². The van der Waals surface area contributed by atoms with Crippen LogP contribution in [0.15, 0.2) is 85.1 Å². The van der Waals surface area contributed by atoms with Crippen LogP contribution in [-0.2, 0) is 25.8 Å². The molecule has 7 nitrogen and oxygen atoms in total. The second-order valence-electron chi connectivity index (χ2n) is 9.28. The van der Waals surface area contributed by atoms with Crippen molar-refractivity contribution in [3.05, 3.63) is 113 Å². The Bertz CT molecular complexity index is 1490. The number of hydrogen-bond acceptors (Lipinski definition) is 5. The van der Waals surface area contributed by atoms with Gasteiger partial charge in [0, 0.05) is 36.5 Å². The quantitative estimate of drug-likeness (QED) is 0.216. The van der Waals surface area contributed by atoms with Gasteiger partial charge in [-0.2, -0.15) is 0 Å². The highest BCUT2D eigenvalue weighted by Gasteiger charge is 2.24. The molecule has 1 atom stereocenters. The number of methoxy groups -OCH3 is 1. The maximum Gasteiger partial charge on any atom is 0.156 e. The first kappa shape index (κ1) is 25.6. The van der Waals surface area contributed by atoms with Crippen LogP contribution in [0.1, 0.15) is 34.4 Å². The Balaban J connectivity index is 1.51. The molecule has 2 aromatic heterocycles. The molecule has 0 fully saturated rings. The molecule has 38 heavy (non-hydrogen) atoms. The number of aryl methyl sites for hydroxylation is 2. The molecule has 8 heteroatoms. The normalized spacial score (nSPS) is 11.9. The monoisotopic (exact) mass is 524 g/mol. The zero-order valence-corrected chi connectivity index (χ0v) is 22.2. The number of nitrogens with one attached hydrogen (secondary N) is 2. The van der Waals surface area contributed by atoms with Crippen molar-refractivity contribution in [2.45, 2.75) is 31.8 Å². The van der Waals surface area contributed by atoms with Crippen molar-refractivity contribution in [2.75, 3.05) is 13.7 Å². The van der Waals surface area contributed by atoms with Crippen molar-refractivity contribution in [1.29, 1.82) is 0 Å². The van der Waals surface area contributed by atoms with E-state index < -0.39 is 0 Å².